The molecule has 0 spiro atoms. The molecule has 0 saturated carbocycles. The van der Waals surface area contributed by atoms with Crippen LogP contribution in [-0.4, -0.2) is 41.3 Å². The minimum atomic E-state index is -0.212. The number of hydrogen-bond acceptors (Lipinski definition) is 3. The molecule has 104 valence electrons. The fourth-order valence-corrected chi connectivity index (χ4v) is 3.66. The highest BCUT2D eigenvalue weighted by Crippen LogP contribution is 2.36. The standard InChI is InChI=1S/C15H21ClN2O/c16-13-5-1-2-6-14(13)17-15(11-19)7-9-18-8-3-4-12(18)10-15/h1-2,5-6,12,17,19H,3-4,7-11H2. The molecule has 0 aliphatic carbocycles. The SMILES string of the molecule is OCC1(Nc2ccccc2Cl)CCN2CCCC2C1. The van der Waals surface area contributed by atoms with E-state index < -0.39 is 0 Å². The van der Waals surface area contributed by atoms with Crippen LogP contribution >= 0.6 is 11.6 Å². The summed E-state index contributed by atoms with van der Waals surface area (Å²) in [6, 6.07) is 8.40. The van der Waals surface area contributed by atoms with Crippen LogP contribution in [0.4, 0.5) is 5.69 Å². The zero-order valence-electron chi connectivity index (χ0n) is 11.1. The van der Waals surface area contributed by atoms with Gasteiger partial charge in [-0.15, -0.1) is 0 Å². The molecule has 2 unspecified atom stereocenters. The second kappa shape index (κ2) is 5.31. The number of aliphatic hydroxyl groups excluding tert-OH is 1. The predicted molar refractivity (Wildman–Crippen MR) is 78.7 cm³/mol. The summed E-state index contributed by atoms with van der Waals surface area (Å²) in [7, 11) is 0. The molecule has 2 heterocycles. The van der Waals surface area contributed by atoms with E-state index in [0.717, 1.165) is 30.1 Å². The average molecular weight is 281 g/mol. The Labute approximate surface area is 119 Å². The molecule has 1 aromatic carbocycles. The van der Waals surface area contributed by atoms with Crippen molar-refractivity contribution < 1.29 is 5.11 Å². The van der Waals surface area contributed by atoms with E-state index in [1.165, 1.54) is 19.4 Å². The van der Waals surface area contributed by atoms with E-state index >= 15 is 0 Å². The lowest BCUT2D eigenvalue weighted by atomic mass is 9.83. The molecule has 2 saturated heterocycles. The van der Waals surface area contributed by atoms with Crippen LogP contribution < -0.4 is 5.32 Å². The zero-order chi connectivity index (χ0) is 13.3. The number of fused-ring (bicyclic) bond motifs is 1. The van der Waals surface area contributed by atoms with Crippen molar-refractivity contribution in [3.63, 3.8) is 0 Å². The number of anilines is 1. The van der Waals surface area contributed by atoms with Gasteiger partial charge in [-0.3, -0.25) is 0 Å². The quantitative estimate of drug-likeness (QED) is 0.894. The molecule has 0 bridgehead atoms. The van der Waals surface area contributed by atoms with Gasteiger partial charge in [-0.1, -0.05) is 23.7 Å². The smallest absolute Gasteiger partial charge is 0.0662 e. The molecular formula is C15H21ClN2O. The Bertz CT molecular complexity index is 454. The topological polar surface area (TPSA) is 35.5 Å². The number of benzene rings is 1. The largest absolute Gasteiger partial charge is 0.394 e. The van der Waals surface area contributed by atoms with Crippen LogP contribution in [0.1, 0.15) is 25.7 Å². The summed E-state index contributed by atoms with van der Waals surface area (Å²) in [6.07, 6.45) is 4.53. The average Bonchev–Trinajstić information content (AvgIpc) is 2.88. The van der Waals surface area contributed by atoms with Crippen LogP contribution in [0, 0.1) is 0 Å². The van der Waals surface area contributed by atoms with Crippen molar-refractivity contribution in [3.8, 4) is 0 Å². The Kier molecular flexibility index (Phi) is 3.70. The van der Waals surface area contributed by atoms with Crippen molar-refractivity contribution in [3.05, 3.63) is 29.3 Å². The van der Waals surface area contributed by atoms with Crippen LogP contribution in [0.3, 0.4) is 0 Å². The molecule has 0 aromatic heterocycles. The molecule has 2 aliphatic rings. The van der Waals surface area contributed by atoms with Crippen LogP contribution in [0.2, 0.25) is 5.02 Å². The summed E-state index contributed by atoms with van der Waals surface area (Å²) >= 11 is 6.22. The lowest BCUT2D eigenvalue weighted by Crippen LogP contribution is -2.54. The van der Waals surface area contributed by atoms with Gasteiger partial charge in [0.05, 0.1) is 22.9 Å². The molecule has 2 N–H and O–H groups in total. The van der Waals surface area contributed by atoms with Gasteiger partial charge >= 0.3 is 0 Å². The van der Waals surface area contributed by atoms with Gasteiger partial charge in [0, 0.05) is 12.6 Å². The first-order valence-corrected chi connectivity index (χ1v) is 7.48. The monoisotopic (exact) mass is 280 g/mol. The Morgan fingerprint density at radius 2 is 2.21 bits per heavy atom. The lowest BCUT2D eigenvalue weighted by Gasteiger charge is -2.44. The third-order valence-corrected chi connectivity index (χ3v) is 4.91. The fourth-order valence-electron chi connectivity index (χ4n) is 3.48. The van der Waals surface area contributed by atoms with Crippen molar-refractivity contribution in [2.24, 2.45) is 0 Å². The highest BCUT2D eigenvalue weighted by Gasteiger charge is 2.41. The molecule has 3 rings (SSSR count). The Morgan fingerprint density at radius 3 is 3.00 bits per heavy atom. The van der Waals surface area contributed by atoms with E-state index in [1.807, 2.05) is 24.3 Å². The highest BCUT2D eigenvalue weighted by atomic mass is 35.5. The number of hydrogen-bond donors (Lipinski definition) is 2. The molecule has 1 aromatic rings. The summed E-state index contributed by atoms with van der Waals surface area (Å²) < 4.78 is 0. The van der Waals surface area contributed by atoms with Crippen LogP contribution in [0.25, 0.3) is 0 Å². The number of halogens is 1. The molecule has 4 heteroatoms. The van der Waals surface area contributed by atoms with Crippen molar-refractivity contribution in [2.75, 3.05) is 25.0 Å². The van der Waals surface area contributed by atoms with Gasteiger partial charge in [0.25, 0.3) is 0 Å². The Hall–Kier alpha value is -0.770. The normalized spacial score (nSPS) is 31.2. The van der Waals surface area contributed by atoms with Gasteiger partial charge in [-0.2, -0.15) is 0 Å². The first-order valence-electron chi connectivity index (χ1n) is 7.10. The zero-order valence-corrected chi connectivity index (χ0v) is 11.9. The lowest BCUT2D eigenvalue weighted by molar-refractivity contribution is 0.0964. The minimum Gasteiger partial charge on any atom is -0.394 e. The van der Waals surface area contributed by atoms with E-state index in [4.69, 9.17) is 11.6 Å². The summed E-state index contributed by atoms with van der Waals surface area (Å²) in [5.41, 5.74) is 0.723. The number of rotatable bonds is 3. The maximum Gasteiger partial charge on any atom is 0.0662 e. The van der Waals surface area contributed by atoms with Crippen molar-refractivity contribution in [1.29, 1.82) is 0 Å². The highest BCUT2D eigenvalue weighted by molar-refractivity contribution is 6.33. The maximum absolute atomic E-state index is 9.89. The maximum atomic E-state index is 9.89. The summed E-state index contributed by atoms with van der Waals surface area (Å²) in [5.74, 6) is 0. The molecule has 0 radical (unpaired) electrons. The van der Waals surface area contributed by atoms with Crippen molar-refractivity contribution >= 4 is 17.3 Å². The first kappa shape index (κ1) is 13.2. The third-order valence-electron chi connectivity index (χ3n) is 4.58. The molecule has 2 aliphatic heterocycles. The summed E-state index contributed by atoms with van der Waals surface area (Å²) in [4.78, 5) is 2.56. The minimum absolute atomic E-state index is 0.169. The van der Waals surface area contributed by atoms with Gasteiger partial charge < -0.3 is 15.3 Å². The molecule has 2 fully saturated rings. The van der Waals surface area contributed by atoms with Gasteiger partial charge in [-0.25, -0.2) is 0 Å². The van der Waals surface area contributed by atoms with Crippen LogP contribution in [0.15, 0.2) is 24.3 Å². The van der Waals surface area contributed by atoms with Gasteiger partial charge in [0.1, 0.15) is 0 Å². The van der Waals surface area contributed by atoms with Gasteiger partial charge in [0.2, 0.25) is 0 Å². The van der Waals surface area contributed by atoms with E-state index in [0.29, 0.717) is 6.04 Å². The first-order chi connectivity index (χ1) is 9.22. The molecular weight excluding hydrogens is 260 g/mol. The van der Waals surface area contributed by atoms with E-state index in [2.05, 4.69) is 10.2 Å². The second-order valence-electron chi connectivity index (χ2n) is 5.83. The molecule has 3 nitrogen and oxygen atoms in total. The van der Waals surface area contributed by atoms with Crippen molar-refractivity contribution in [1.82, 2.24) is 4.90 Å². The number of nitrogens with one attached hydrogen (secondary N) is 1. The fraction of sp³-hybridized carbons (Fsp3) is 0.600. The molecule has 0 amide bonds. The van der Waals surface area contributed by atoms with E-state index in [9.17, 15) is 5.11 Å². The summed E-state index contributed by atoms with van der Waals surface area (Å²) in [6.45, 7) is 2.46. The van der Waals surface area contributed by atoms with Gasteiger partial charge in [0.15, 0.2) is 0 Å². The summed E-state index contributed by atoms with van der Waals surface area (Å²) in [5, 5.41) is 14.1. The van der Waals surface area contributed by atoms with Gasteiger partial charge in [-0.05, 0) is 44.4 Å². The van der Waals surface area contributed by atoms with Crippen LogP contribution in [0.5, 0.6) is 0 Å². The molecule has 19 heavy (non-hydrogen) atoms. The van der Waals surface area contributed by atoms with Crippen molar-refractivity contribution in [2.45, 2.75) is 37.3 Å². The third kappa shape index (κ3) is 2.60. The number of para-hydroxylation sites is 1. The predicted octanol–water partition coefficient (Wildman–Crippen LogP) is 2.74. The van der Waals surface area contributed by atoms with E-state index in [-0.39, 0.29) is 12.1 Å². The number of piperidine rings is 1. The Morgan fingerprint density at radius 1 is 1.37 bits per heavy atom. The Balaban J connectivity index is 1.78. The van der Waals surface area contributed by atoms with E-state index in [1.54, 1.807) is 0 Å². The molecule has 2 atom stereocenters. The number of aliphatic hydroxyl groups is 1. The van der Waals surface area contributed by atoms with Crippen LogP contribution in [-0.2, 0) is 0 Å². The second-order valence-corrected chi connectivity index (χ2v) is 6.24. The number of nitrogens with zero attached hydrogens (tertiary/aromatic N) is 1.